The smallest absolute Gasteiger partial charge is 0.168 e. The number of Topliss-reactive ketones (excluding diaryl/α,β-unsaturated/α-hetero) is 1. The van der Waals surface area contributed by atoms with Crippen molar-refractivity contribution < 1.29 is 4.79 Å². The SMILES string of the molecule is CSc1ccccc1C(=O)[C@H]1CCCN(Cc2c[nH]c3ccccc23)C1. The Labute approximate surface area is 158 Å². The summed E-state index contributed by atoms with van der Waals surface area (Å²) in [6.07, 6.45) is 6.22. The second-order valence-electron chi connectivity index (χ2n) is 7.00. The Morgan fingerprint density at radius 2 is 2.00 bits per heavy atom. The van der Waals surface area contributed by atoms with Gasteiger partial charge >= 0.3 is 0 Å². The molecule has 1 aliphatic rings. The summed E-state index contributed by atoms with van der Waals surface area (Å²) in [4.78, 5) is 20.0. The number of H-pyrrole nitrogens is 1. The molecule has 134 valence electrons. The number of aromatic nitrogens is 1. The highest BCUT2D eigenvalue weighted by molar-refractivity contribution is 7.98. The Bertz CT molecular complexity index is 917. The van der Waals surface area contributed by atoms with Crippen LogP contribution in [0.15, 0.2) is 59.6 Å². The van der Waals surface area contributed by atoms with Gasteiger partial charge in [0.1, 0.15) is 0 Å². The number of rotatable bonds is 5. The van der Waals surface area contributed by atoms with E-state index in [4.69, 9.17) is 0 Å². The Balaban J connectivity index is 1.50. The summed E-state index contributed by atoms with van der Waals surface area (Å²) in [6.45, 7) is 2.81. The van der Waals surface area contributed by atoms with Gasteiger partial charge in [0.2, 0.25) is 0 Å². The van der Waals surface area contributed by atoms with Crippen molar-refractivity contribution in [3.63, 3.8) is 0 Å². The lowest BCUT2D eigenvalue weighted by Gasteiger charge is -2.32. The molecule has 0 saturated carbocycles. The fraction of sp³-hybridized carbons (Fsp3) is 0.318. The van der Waals surface area contributed by atoms with Crippen molar-refractivity contribution in [1.29, 1.82) is 0 Å². The van der Waals surface area contributed by atoms with Gasteiger partial charge in [0, 0.05) is 46.6 Å². The fourth-order valence-electron chi connectivity index (χ4n) is 3.98. The van der Waals surface area contributed by atoms with E-state index in [9.17, 15) is 4.79 Å². The number of thioether (sulfide) groups is 1. The number of carbonyl (C=O) groups excluding carboxylic acids is 1. The number of nitrogens with zero attached hydrogens (tertiary/aromatic N) is 1. The van der Waals surface area contributed by atoms with Gasteiger partial charge in [-0.25, -0.2) is 0 Å². The largest absolute Gasteiger partial charge is 0.361 e. The van der Waals surface area contributed by atoms with Crippen LogP contribution in [0.25, 0.3) is 10.9 Å². The number of likely N-dealkylation sites (tertiary alicyclic amines) is 1. The van der Waals surface area contributed by atoms with Gasteiger partial charge in [-0.05, 0) is 43.3 Å². The maximum Gasteiger partial charge on any atom is 0.168 e. The molecule has 0 bridgehead atoms. The number of benzene rings is 2. The molecule has 1 aliphatic heterocycles. The minimum atomic E-state index is 0.0993. The molecule has 1 N–H and O–H groups in total. The molecule has 4 rings (SSSR count). The molecule has 1 fully saturated rings. The molecule has 2 heterocycles. The van der Waals surface area contributed by atoms with E-state index < -0.39 is 0 Å². The summed E-state index contributed by atoms with van der Waals surface area (Å²) < 4.78 is 0. The average Bonchev–Trinajstić information content (AvgIpc) is 3.10. The van der Waals surface area contributed by atoms with Gasteiger partial charge in [-0.1, -0.05) is 36.4 Å². The van der Waals surface area contributed by atoms with Gasteiger partial charge in [0.05, 0.1) is 0 Å². The second-order valence-corrected chi connectivity index (χ2v) is 7.85. The third-order valence-electron chi connectivity index (χ3n) is 5.32. The first-order valence-electron chi connectivity index (χ1n) is 9.21. The van der Waals surface area contributed by atoms with Crippen LogP contribution in [0, 0.1) is 5.92 Å². The van der Waals surface area contributed by atoms with E-state index in [0.29, 0.717) is 5.78 Å². The summed E-state index contributed by atoms with van der Waals surface area (Å²) in [5.41, 5.74) is 3.39. The quantitative estimate of drug-likeness (QED) is 0.512. The van der Waals surface area contributed by atoms with Gasteiger partial charge in [-0.3, -0.25) is 9.69 Å². The molecule has 0 spiro atoms. The van der Waals surface area contributed by atoms with Crippen LogP contribution in [-0.4, -0.2) is 35.0 Å². The zero-order valence-corrected chi connectivity index (χ0v) is 15.9. The summed E-state index contributed by atoms with van der Waals surface area (Å²) >= 11 is 1.66. The standard InChI is InChI=1S/C22H24N2OS/c1-26-21-11-5-3-9-19(21)22(25)16-7-6-12-24(14-16)15-17-13-23-20-10-4-2-8-18(17)20/h2-5,8-11,13,16,23H,6-7,12,14-15H2,1H3/t16-/m0/s1. The maximum atomic E-state index is 13.1. The minimum absolute atomic E-state index is 0.0993. The van der Waals surface area contributed by atoms with Gasteiger partial charge in [0.15, 0.2) is 5.78 Å². The number of fused-ring (bicyclic) bond motifs is 1. The fourth-order valence-corrected chi connectivity index (χ4v) is 4.59. The van der Waals surface area contributed by atoms with Crippen LogP contribution < -0.4 is 0 Å². The zero-order chi connectivity index (χ0) is 17.9. The number of carbonyl (C=O) groups is 1. The molecule has 1 atom stereocenters. The Morgan fingerprint density at radius 3 is 2.88 bits per heavy atom. The van der Waals surface area contributed by atoms with Crippen molar-refractivity contribution in [2.24, 2.45) is 5.92 Å². The van der Waals surface area contributed by atoms with Crippen molar-refractivity contribution in [2.75, 3.05) is 19.3 Å². The summed E-state index contributed by atoms with van der Waals surface area (Å²) in [5.74, 6) is 0.404. The zero-order valence-electron chi connectivity index (χ0n) is 15.1. The van der Waals surface area contributed by atoms with Crippen molar-refractivity contribution in [1.82, 2.24) is 9.88 Å². The normalized spacial score (nSPS) is 18.3. The minimum Gasteiger partial charge on any atom is -0.361 e. The molecular formula is C22H24N2OS. The third-order valence-corrected chi connectivity index (χ3v) is 6.11. The first-order chi connectivity index (χ1) is 12.8. The molecule has 4 heteroatoms. The number of piperidine rings is 1. The molecule has 0 unspecified atom stereocenters. The number of para-hydroxylation sites is 1. The second kappa shape index (κ2) is 7.68. The van der Waals surface area contributed by atoms with Crippen molar-refractivity contribution in [2.45, 2.75) is 24.3 Å². The molecule has 2 aromatic carbocycles. The third kappa shape index (κ3) is 3.44. The van der Waals surface area contributed by atoms with Crippen LogP contribution >= 0.6 is 11.8 Å². The van der Waals surface area contributed by atoms with Gasteiger partial charge in [-0.2, -0.15) is 0 Å². The predicted molar refractivity (Wildman–Crippen MR) is 109 cm³/mol. The topological polar surface area (TPSA) is 36.1 Å². The van der Waals surface area contributed by atoms with Crippen LogP contribution in [0.4, 0.5) is 0 Å². The number of aromatic amines is 1. The van der Waals surface area contributed by atoms with Crippen molar-refractivity contribution >= 4 is 28.4 Å². The molecule has 0 amide bonds. The van der Waals surface area contributed by atoms with Crippen LogP contribution in [0.3, 0.4) is 0 Å². The average molecular weight is 365 g/mol. The summed E-state index contributed by atoms with van der Waals surface area (Å²) in [6, 6.07) is 16.4. The highest BCUT2D eigenvalue weighted by Gasteiger charge is 2.28. The predicted octanol–water partition coefficient (Wildman–Crippen LogP) is 4.98. The van der Waals surface area contributed by atoms with E-state index in [1.807, 2.05) is 30.5 Å². The highest BCUT2D eigenvalue weighted by Crippen LogP contribution is 2.28. The first-order valence-corrected chi connectivity index (χ1v) is 10.4. The number of nitrogens with one attached hydrogen (secondary N) is 1. The van der Waals surface area contributed by atoms with Gasteiger partial charge in [-0.15, -0.1) is 11.8 Å². The lowest BCUT2D eigenvalue weighted by Crippen LogP contribution is -2.38. The number of hydrogen-bond acceptors (Lipinski definition) is 3. The lowest BCUT2D eigenvalue weighted by atomic mass is 9.89. The Kier molecular flexibility index (Phi) is 5.14. The molecule has 0 aliphatic carbocycles. The van der Waals surface area contributed by atoms with Gasteiger partial charge in [0.25, 0.3) is 0 Å². The molecular weight excluding hydrogens is 340 g/mol. The van der Waals surface area contributed by atoms with Crippen LogP contribution in [0.2, 0.25) is 0 Å². The van der Waals surface area contributed by atoms with Crippen molar-refractivity contribution in [3.8, 4) is 0 Å². The Morgan fingerprint density at radius 1 is 1.19 bits per heavy atom. The molecule has 0 radical (unpaired) electrons. The molecule has 3 nitrogen and oxygen atoms in total. The van der Waals surface area contributed by atoms with E-state index in [0.717, 1.165) is 42.9 Å². The molecule has 1 saturated heterocycles. The number of ketones is 1. The highest BCUT2D eigenvalue weighted by atomic mass is 32.2. The van der Waals surface area contributed by atoms with E-state index in [-0.39, 0.29) is 5.92 Å². The molecule has 1 aromatic heterocycles. The van der Waals surface area contributed by atoms with E-state index in [2.05, 4.69) is 40.3 Å². The van der Waals surface area contributed by atoms with Gasteiger partial charge < -0.3 is 4.98 Å². The van der Waals surface area contributed by atoms with Crippen LogP contribution in [0.5, 0.6) is 0 Å². The van der Waals surface area contributed by atoms with E-state index in [1.165, 1.54) is 16.5 Å². The summed E-state index contributed by atoms with van der Waals surface area (Å²) in [7, 11) is 0. The first kappa shape index (κ1) is 17.4. The lowest BCUT2D eigenvalue weighted by molar-refractivity contribution is 0.0809. The monoisotopic (exact) mass is 364 g/mol. The molecule has 3 aromatic rings. The maximum absolute atomic E-state index is 13.1. The summed E-state index contributed by atoms with van der Waals surface area (Å²) in [5, 5.41) is 1.29. The molecule has 26 heavy (non-hydrogen) atoms. The van der Waals surface area contributed by atoms with Crippen LogP contribution in [0.1, 0.15) is 28.8 Å². The van der Waals surface area contributed by atoms with Crippen LogP contribution in [-0.2, 0) is 6.54 Å². The number of hydrogen-bond donors (Lipinski definition) is 1. The Hall–Kier alpha value is -2.04. The van der Waals surface area contributed by atoms with Crippen molar-refractivity contribution in [3.05, 3.63) is 65.9 Å². The van der Waals surface area contributed by atoms with E-state index >= 15 is 0 Å². The van der Waals surface area contributed by atoms with E-state index in [1.54, 1.807) is 11.8 Å².